The summed E-state index contributed by atoms with van der Waals surface area (Å²) < 4.78 is 27.4. The van der Waals surface area contributed by atoms with Gasteiger partial charge in [0.1, 0.15) is 6.10 Å². The highest BCUT2D eigenvalue weighted by atomic mass is 32.2. The van der Waals surface area contributed by atoms with Crippen LogP contribution in [0.5, 0.6) is 0 Å². The molecule has 0 aromatic heterocycles. The van der Waals surface area contributed by atoms with E-state index in [-0.39, 0.29) is 18.3 Å². The minimum absolute atomic E-state index is 0.0279. The predicted molar refractivity (Wildman–Crippen MR) is 75.8 cm³/mol. The molecule has 0 aromatic carbocycles. The van der Waals surface area contributed by atoms with E-state index in [0.29, 0.717) is 6.42 Å². The van der Waals surface area contributed by atoms with Gasteiger partial charge < -0.3 is 10.2 Å². The van der Waals surface area contributed by atoms with Crippen molar-refractivity contribution in [1.82, 2.24) is 0 Å². The molecule has 0 aliphatic heterocycles. The van der Waals surface area contributed by atoms with Gasteiger partial charge >= 0.3 is 5.97 Å². The third-order valence-electron chi connectivity index (χ3n) is 3.05. The third kappa shape index (κ3) is 7.81. The number of aliphatic hydroxyl groups excluding tert-OH is 1. The van der Waals surface area contributed by atoms with E-state index in [2.05, 4.69) is 0 Å². The van der Waals surface area contributed by atoms with E-state index in [1.165, 1.54) is 0 Å². The number of carboxylic acids is 1. The average molecular weight is 310 g/mol. The first-order valence-corrected chi connectivity index (χ1v) is 8.54. The van der Waals surface area contributed by atoms with Crippen molar-refractivity contribution in [2.45, 2.75) is 52.7 Å². The second-order valence-corrected chi connectivity index (χ2v) is 7.56. The second-order valence-electron chi connectivity index (χ2n) is 5.96. The lowest BCUT2D eigenvalue weighted by Crippen LogP contribution is -2.36. The van der Waals surface area contributed by atoms with Crippen molar-refractivity contribution >= 4 is 16.1 Å². The monoisotopic (exact) mass is 310 g/mol. The van der Waals surface area contributed by atoms with Gasteiger partial charge in [-0.1, -0.05) is 27.7 Å². The summed E-state index contributed by atoms with van der Waals surface area (Å²) >= 11 is 0. The molecule has 20 heavy (non-hydrogen) atoms. The van der Waals surface area contributed by atoms with Crippen molar-refractivity contribution < 1.29 is 27.6 Å². The van der Waals surface area contributed by atoms with E-state index in [1.54, 1.807) is 13.8 Å². The number of carboxylic acid groups (broad SMARTS) is 1. The molecule has 7 heteroatoms. The Labute approximate surface area is 121 Å². The molecule has 0 aromatic rings. The minimum atomic E-state index is -3.70. The summed E-state index contributed by atoms with van der Waals surface area (Å²) in [6.45, 7) is 7.26. The Morgan fingerprint density at radius 1 is 1.15 bits per heavy atom. The van der Waals surface area contributed by atoms with Gasteiger partial charge in [-0.25, -0.2) is 0 Å². The van der Waals surface area contributed by atoms with E-state index in [0.717, 1.165) is 6.26 Å². The Morgan fingerprint density at radius 3 is 1.95 bits per heavy atom. The van der Waals surface area contributed by atoms with Crippen molar-refractivity contribution in [2.75, 3.05) is 6.26 Å². The molecule has 120 valence electrons. The van der Waals surface area contributed by atoms with Crippen LogP contribution >= 0.6 is 0 Å². The van der Waals surface area contributed by atoms with Gasteiger partial charge in [-0.3, -0.25) is 8.98 Å². The van der Waals surface area contributed by atoms with Gasteiger partial charge in [-0.15, -0.1) is 0 Å². The number of carbonyl (C=O) groups is 1. The highest BCUT2D eigenvalue weighted by Gasteiger charge is 2.31. The van der Waals surface area contributed by atoms with Crippen LogP contribution in [-0.4, -0.2) is 43.1 Å². The lowest BCUT2D eigenvalue weighted by atomic mass is 9.87. The van der Waals surface area contributed by atoms with Gasteiger partial charge in [-0.05, 0) is 24.7 Å². The Morgan fingerprint density at radius 2 is 1.65 bits per heavy atom. The fourth-order valence-electron chi connectivity index (χ4n) is 2.02. The summed E-state index contributed by atoms with van der Waals surface area (Å²) in [7, 11) is -3.70. The van der Waals surface area contributed by atoms with Crippen LogP contribution in [0.15, 0.2) is 0 Å². The molecule has 0 aliphatic rings. The number of rotatable bonds is 9. The number of aliphatic carboxylic acids is 1. The third-order valence-corrected chi connectivity index (χ3v) is 3.65. The van der Waals surface area contributed by atoms with Crippen LogP contribution in [0.25, 0.3) is 0 Å². The van der Waals surface area contributed by atoms with Crippen molar-refractivity contribution in [3.63, 3.8) is 0 Å². The lowest BCUT2D eigenvalue weighted by molar-refractivity contribution is -0.145. The number of hydrogen-bond donors (Lipinski definition) is 2. The second kappa shape index (κ2) is 7.95. The van der Waals surface area contributed by atoms with Crippen molar-refractivity contribution in [3.8, 4) is 0 Å². The quantitative estimate of drug-likeness (QED) is 0.626. The molecule has 0 fully saturated rings. The van der Waals surface area contributed by atoms with Crippen LogP contribution < -0.4 is 0 Å². The van der Waals surface area contributed by atoms with Crippen LogP contribution in [0.1, 0.15) is 40.5 Å². The Kier molecular flexibility index (Phi) is 7.69. The molecule has 0 saturated carbocycles. The molecule has 0 spiro atoms. The van der Waals surface area contributed by atoms with Gasteiger partial charge in [0, 0.05) is 0 Å². The van der Waals surface area contributed by atoms with Crippen LogP contribution in [0.3, 0.4) is 0 Å². The first kappa shape index (κ1) is 19.3. The molecular weight excluding hydrogens is 284 g/mol. The first-order valence-electron chi connectivity index (χ1n) is 6.73. The Hall–Kier alpha value is -0.660. The summed E-state index contributed by atoms with van der Waals surface area (Å²) in [5, 5.41) is 19.3. The van der Waals surface area contributed by atoms with E-state index in [9.17, 15) is 18.3 Å². The molecule has 0 rings (SSSR count). The standard InChI is InChI=1S/C13H26O6S/c1-8(2)6-12(19-20(5,17)18)11(14)7-10(9(3)4)13(15)16/h8-12,14H,6-7H2,1-5H3,(H,15,16)/t10-,11+,12-/m0/s1. The largest absolute Gasteiger partial charge is 0.481 e. The molecule has 0 saturated heterocycles. The maximum absolute atomic E-state index is 11.2. The molecule has 0 heterocycles. The van der Waals surface area contributed by atoms with Crippen LogP contribution in [0, 0.1) is 17.8 Å². The average Bonchev–Trinajstić information content (AvgIpc) is 2.20. The lowest BCUT2D eigenvalue weighted by Gasteiger charge is -2.27. The zero-order valence-electron chi connectivity index (χ0n) is 12.7. The summed E-state index contributed by atoms with van der Waals surface area (Å²) in [5.41, 5.74) is 0. The van der Waals surface area contributed by atoms with Crippen molar-refractivity contribution in [1.29, 1.82) is 0 Å². The van der Waals surface area contributed by atoms with E-state index in [1.807, 2.05) is 13.8 Å². The van der Waals surface area contributed by atoms with E-state index >= 15 is 0 Å². The molecule has 0 aliphatic carbocycles. The SMILES string of the molecule is CC(C)C[C@H](OS(C)(=O)=O)[C@H](O)C[C@H](C(=O)O)C(C)C. The van der Waals surface area contributed by atoms with Crippen molar-refractivity contribution in [2.24, 2.45) is 17.8 Å². The summed E-state index contributed by atoms with van der Waals surface area (Å²) in [5.74, 6) is -1.76. The molecular formula is C13H26O6S. The molecule has 0 unspecified atom stereocenters. The van der Waals surface area contributed by atoms with Crippen molar-refractivity contribution in [3.05, 3.63) is 0 Å². The maximum Gasteiger partial charge on any atom is 0.306 e. The number of hydrogen-bond acceptors (Lipinski definition) is 5. The highest BCUT2D eigenvalue weighted by Crippen LogP contribution is 2.23. The molecule has 0 amide bonds. The first-order chi connectivity index (χ1) is 8.94. The van der Waals surface area contributed by atoms with Gasteiger partial charge in [0.2, 0.25) is 0 Å². The van der Waals surface area contributed by atoms with Crippen LogP contribution in [0.2, 0.25) is 0 Å². The van der Waals surface area contributed by atoms with Gasteiger partial charge in [0.15, 0.2) is 0 Å². The fourth-order valence-corrected chi connectivity index (χ4v) is 2.68. The molecule has 3 atom stereocenters. The minimum Gasteiger partial charge on any atom is -0.481 e. The van der Waals surface area contributed by atoms with Gasteiger partial charge in [0.05, 0.1) is 18.3 Å². The summed E-state index contributed by atoms with van der Waals surface area (Å²) in [6.07, 6.45) is -0.802. The fraction of sp³-hybridized carbons (Fsp3) is 0.923. The zero-order chi connectivity index (χ0) is 16.1. The zero-order valence-corrected chi connectivity index (χ0v) is 13.6. The maximum atomic E-state index is 11.2. The van der Waals surface area contributed by atoms with Crippen LogP contribution in [-0.2, 0) is 19.1 Å². The Bertz CT molecular complexity index is 401. The Balaban J connectivity index is 4.93. The molecule has 0 radical (unpaired) electrons. The summed E-state index contributed by atoms with van der Waals surface area (Å²) in [6, 6.07) is 0. The molecule has 6 nitrogen and oxygen atoms in total. The normalized spacial score (nSPS) is 17.2. The highest BCUT2D eigenvalue weighted by molar-refractivity contribution is 7.86. The van der Waals surface area contributed by atoms with Crippen LogP contribution in [0.4, 0.5) is 0 Å². The van der Waals surface area contributed by atoms with Gasteiger partial charge in [-0.2, -0.15) is 8.42 Å². The smallest absolute Gasteiger partial charge is 0.306 e. The molecule has 0 bridgehead atoms. The predicted octanol–water partition coefficient (Wildman–Crippen LogP) is 1.49. The van der Waals surface area contributed by atoms with Gasteiger partial charge in [0.25, 0.3) is 10.1 Å². The summed E-state index contributed by atoms with van der Waals surface area (Å²) in [4.78, 5) is 11.1. The topological polar surface area (TPSA) is 101 Å². The van der Waals surface area contributed by atoms with E-state index in [4.69, 9.17) is 9.29 Å². The number of aliphatic hydroxyl groups is 1. The van der Waals surface area contributed by atoms with E-state index < -0.39 is 34.2 Å². The molecule has 2 N–H and O–H groups in total.